The molecule has 0 bridgehead atoms. The molecule has 0 aromatic heterocycles. The second kappa shape index (κ2) is 10.7. The third-order valence-corrected chi connectivity index (χ3v) is 4.30. The molecule has 2 amide bonds. The average Bonchev–Trinajstić information content (AvgIpc) is 2.66. The van der Waals surface area contributed by atoms with Crippen molar-refractivity contribution in [3.63, 3.8) is 0 Å². The number of carbonyl (C=O) groups excluding carboxylic acids is 2. The Labute approximate surface area is 153 Å². The lowest BCUT2D eigenvalue weighted by atomic mass is 10.2. The molecule has 0 saturated carbocycles. The molecule has 2 N–H and O–H groups in total. The standard InChI is InChI=1S/C18H27FN4O3/c1-26-14-8-21-18(25)17(24)20-7-4-9-22-10-12-23(13-11-22)16-6-3-2-5-15(16)19/h2-3,5-6H,4,7-14H2,1H3,(H,20,24)(H,21,25). The summed E-state index contributed by atoms with van der Waals surface area (Å²) in [5.74, 6) is -1.45. The predicted octanol–water partition coefficient (Wildman–Crippen LogP) is 0.217. The number of nitrogens with zero attached hydrogens (tertiary/aromatic N) is 2. The zero-order valence-corrected chi connectivity index (χ0v) is 15.2. The van der Waals surface area contributed by atoms with Gasteiger partial charge in [-0.05, 0) is 25.1 Å². The van der Waals surface area contributed by atoms with Crippen LogP contribution in [0, 0.1) is 5.82 Å². The summed E-state index contributed by atoms with van der Waals surface area (Å²) in [6.07, 6.45) is 0.761. The van der Waals surface area contributed by atoms with E-state index < -0.39 is 11.8 Å². The van der Waals surface area contributed by atoms with Crippen LogP contribution >= 0.6 is 0 Å². The highest BCUT2D eigenvalue weighted by Crippen LogP contribution is 2.20. The van der Waals surface area contributed by atoms with E-state index >= 15 is 0 Å². The Hall–Kier alpha value is -2.19. The molecule has 7 nitrogen and oxygen atoms in total. The predicted molar refractivity (Wildman–Crippen MR) is 97.6 cm³/mol. The summed E-state index contributed by atoms with van der Waals surface area (Å²) in [4.78, 5) is 27.4. The van der Waals surface area contributed by atoms with E-state index in [1.807, 2.05) is 6.07 Å². The molecule has 0 unspecified atom stereocenters. The first-order valence-corrected chi connectivity index (χ1v) is 8.88. The van der Waals surface area contributed by atoms with Crippen LogP contribution in [-0.4, -0.2) is 76.2 Å². The molecule has 1 aromatic carbocycles. The quantitative estimate of drug-likeness (QED) is 0.509. The Morgan fingerprint density at radius 3 is 2.38 bits per heavy atom. The van der Waals surface area contributed by atoms with E-state index in [-0.39, 0.29) is 5.82 Å². The van der Waals surface area contributed by atoms with Crippen molar-refractivity contribution in [1.29, 1.82) is 0 Å². The smallest absolute Gasteiger partial charge is 0.309 e. The van der Waals surface area contributed by atoms with Crippen LogP contribution in [0.5, 0.6) is 0 Å². The zero-order chi connectivity index (χ0) is 18.8. The molecular formula is C18H27FN4O3. The fourth-order valence-electron chi connectivity index (χ4n) is 2.85. The van der Waals surface area contributed by atoms with E-state index in [0.29, 0.717) is 25.4 Å². The summed E-state index contributed by atoms with van der Waals surface area (Å²) in [6.45, 7) is 5.21. The van der Waals surface area contributed by atoms with Crippen molar-refractivity contribution in [2.75, 3.05) is 64.4 Å². The van der Waals surface area contributed by atoms with E-state index in [4.69, 9.17) is 4.74 Å². The van der Waals surface area contributed by atoms with Crippen molar-refractivity contribution in [1.82, 2.24) is 15.5 Å². The van der Waals surface area contributed by atoms with Gasteiger partial charge in [-0.2, -0.15) is 0 Å². The van der Waals surface area contributed by atoms with Crippen molar-refractivity contribution >= 4 is 17.5 Å². The first-order valence-electron chi connectivity index (χ1n) is 8.88. The summed E-state index contributed by atoms with van der Waals surface area (Å²) in [7, 11) is 1.53. The van der Waals surface area contributed by atoms with Crippen LogP contribution in [0.4, 0.5) is 10.1 Å². The van der Waals surface area contributed by atoms with Crippen molar-refractivity contribution in [3.8, 4) is 0 Å². The zero-order valence-electron chi connectivity index (χ0n) is 15.2. The number of hydrogen-bond acceptors (Lipinski definition) is 5. The number of hydrogen-bond donors (Lipinski definition) is 2. The molecule has 8 heteroatoms. The van der Waals surface area contributed by atoms with Crippen molar-refractivity contribution in [2.45, 2.75) is 6.42 Å². The van der Waals surface area contributed by atoms with Crippen LogP contribution in [-0.2, 0) is 14.3 Å². The maximum Gasteiger partial charge on any atom is 0.309 e. The number of piperazine rings is 1. The van der Waals surface area contributed by atoms with Crippen molar-refractivity contribution in [3.05, 3.63) is 30.1 Å². The normalized spacial score (nSPS) is 14.9. The molecule has 144 valence electrons. The van der Waals surface area contributed by atoms with Gasteiger partial charge in [0.25, 0.3) is 0 Å². The minimum absolute atomic E-state index is 0.188. The van der Waals surface area contributed by atoms with E-state index in [1.165, 1.54) is 13.2 Å². The number of para-hydroxylation sites is 1. The Bertz CT molecular complexity index is 592. The first kappa shape index (κ1) is 20.1. The Morgan fingerprint density at radius 2 is 1.73 bits per heavy atom. The van der Waals surface area contributed by atoms with Gasteiger partial charge in [0.15, 0.2) is 0 Å². The van der Waals surface area contributed by atoms with Crippen molar-refractivity contribution < 1.29 is 18.7 Å². The van der Waals surface area contributed by atoms with Crippen LogP contribution in [0.2, 0.25) is 0 Å². The van der Waals surface area contributed by atoms with Gasteiger partial charge in [-0.1, -0.05) is 12.1 Å². The van der Waals surface area contributed by atoms with Gasteiger partial charge in [-0.3, -0.25) is 14.5 Å². The number of anilines is 1. The SMILES string of the molecule is COCCNC(=O)C(=O)NCCCN1CCN(c2ccccc2F)CC1. The second-order valence-corrected chi connectivity index (χ2v) is 6.14. The van der Waals surface area contributed by atoms with Gasteiger partial charge in [0, 0.05) is 46.4 Å². The number of carbonyl (C=O) groups is 2. The lowest BCUT2D eigenvalue weighted by Crippen LogP contribution is -2.47. The number of ether oxygens (including phenoxy) is 1. The molecule has 26 heavy (non-hydrogen) atoms. The lowest BCUT2D eigenvalue weighted by Gasteiger charge is -2.36. The third-order valence-electron chi connectivity index (χ3n) is 4.30. The molecular weight excluding hydrogens is 339 g/mol. The van der Waals surface area contributed by atoms with Gasteiger partial charge in [0.2, 0.25) is 0 Å². The summed E-state index contributed by atoms with van der Waals surface area (Å²) >= 11 is 0. The highest BCUT2D eigenvalue weighted by molar-refractivity contribution is 6.35. The minimum Gasteiger partial charge on any atom is -0.383 e. The molecule has 1 fully saturated rings. The van der Waals surface area contributed by atoms with E-state index in [1.54, 1.807) is 12.1 Å². The third kappa shape index (κ3) is 6.27. The summed E-state index contributed by atoms with van der Waals surface area (Å²) < 4.78 is 18.6. The van der Waals surface area contributed by atoms with Crippen LogP contribution < -0.4 is 15.5 Å². The largest absolute Gasteiger partial charge is 0.383 e. The number of amides is 2. The van der Waals surface area contributed by atoms with E-state index in [2.05, 4.69) is 20.4 Å². The molecule has 0 spiro atoms. The van der Waals surface area contributed by atoms with Gasteiger partial charge in [-0.15, -0.1) is 0 Å². The Kier molecular flexibility index (Phi) is 8.30. The number of methoxy groups -OCH3 is 1. The van der Waals surface area contributed by atoms with E-state index in [0.717, 1.165) is 39.1 Å². The number of rotatable bonds is 8. The molecule has 0 radical (unpaired) electrons. The van der Waals surface area contributed by atoms with Crippen LogP contribution in [0.15, 0.2) is 24.3 Å². The molecule has 1 heterocycles. The molecule has 1 aliphatic heterocycles. The fourth-order valence-corrected chi connectivity index (χ4v) is 2.85. The fraction of sp³-hybridized carbons (Fsp3) is 0.556. The molecule has 1 aromatic rings. The Balaban J connectivity index is 1.60. The monoisotopic (exact) mass is 366 g/mol. The molecule has 0 aliphatic carbocycles. The van der Waals surface area contributed by atoms with Gasteiger partial charge in [-0.25, -0.2) is 4.39 Å². The van der Waals surface area contributed by atoms with Crippen LogP contribution in [0.3, 0.4) is 0 Å². The maximum atomic E-state index is 13.8. The summed E-state index contributed by atoms with van der Waals surface area (Å²) in [5.41, 5.74) is 0.652. The molecule has 2 rings (SSSR count). The molecule has 1 saturated heterocycles. The van der Waals surface area contributed by atoms with E-state index in [9.17, 15) is 14.0 Å². The van der Waals surface area contributed by atoms with Gasteiger partial charge in [0.05, 0.1) is 12.3 Å². The van der Waals surface area contributed by atoms with Gasteiger partial charge < -0.3 is 20.3 Å². The maximum absolute atomic E-state index is 13.8. The average molecular weight is 366 g/mol. The number of benzene rings is 1. The first-order chi connectivity index (χ1) is 12.6. The van der Waals surface area contributed by atoms with Crippen molar-refractivity contribution in [2.24, 2.45) is 0 Å². The van der Waals surface area contributed by atoms with Crippen LogP contribution in [0.1, 0.15) is 6.42 Å². The van der Waals surface area contributed by atoms with Gasteiger partial charge >= 0.3 is 11.8 Å². The minimum atomic E-state index is -0.638. The molecule has 0 atom stereocenters. The van der Waals surface area contributed by atoms with Gasteiger partial charge in [0.1, 0.15) is 5.82 Å². The summed E-state index contributed by atoms with van der Waals surface area (Å²) in [5, 5.41) is 5.09. The summed E-state index contributed by atoms with van der Waals surface area (Å²) in [6, 6.07) is 6.83. The highest BCUT2D eigenvalue weighted by atomic mass is 19.1. The topological polar surface area (TPSA) is 73.9 Å². The number of halogens is 1. The number of nitrogens with one attached hydrogen (secondary N) is 2. The highest BCUT2D eigenvalue weighted by Gasteiger charge is 2.19. The Morgan fingerprint density at radius 1 is 1.08 bits per heavy atom. The molecule has 1 aliphatic rings. The van der Waals surface area contributed by atoms with Crippen LogP contribution in [0.25, 0.3) is 0 Å². The second-order valence-electron chi connectivity index (χ2n) is 6.14. The lowest BCUT2D eigenvalue weighted by molar-refractivity contribution is -0.139.